The number of nitrogen functional groups attached to an aromatic ring is 1. The minimum atomic E-state index is -3.65. The molecule has 0 atom stereocenters. The Balaban J connectivity index is 2.41. The van der Waals surface area contributed by atoms with Crippen LogP contribution in [-0.4, -0.2) is 18.2 Å². The first-order valence-electron chi connectivity index (χ1n) is 5.82. The third kappa shape index (κ3) is 2.87. The summed E-state index contributed by atoms with van der Waals surface area (Å²) in [6, 6.07) is 4.90. The van der Waals surface area contributed by atoms with Crippen LogP contribution in [0.25, 0.3) is 0 Å². The summed E-state index contributed by atoms with van der Waals surface area (Å²) >= 11 is 0. The maximum atomic E-state index is 12.3. The molecule has 0 aliphatic heterocycles. The smallest absolute Gasteiger partial charge is 0.262 e. The van der Waals surface area contributed by atoms with Gasteiger partial charge in [0.15, 0.2) is 0 Å². The van der Waals surface area contributed by atoms with Crippen molar-refractivity contribution in [3.05, 3.63) is 36.2 Å². The molecule has 0 bridgehead atoms. The Morgan fingerprint density at radius 3 is 2.74 bits per heavy atom. The third-order valence-electron chi connectivity index (χ3n) is 2.72. The Morgan fingerprint density at radius 1 is 1.42 bits per heavy atom. The van der Waals surface area contributed by atoms with E-state index in [-0.39, 0.29) is 4.90 Å². The van der Waals surface area contributed by atoms with Gasteiger partial charge in [-0.2, -0.15) is 5.10 Å². The fourth-order valence-corrected chi connectivity index (χ4v) is 3.17. The van der Waals surface area contributed by atoms with Gasteiger partial charge in [-0.25, -0.2) is 8.42 Å². The summed E-state index contributed by atoms with van der Waals surface area (Å²) in [5, 5.41) is 3.92. The summed E-state index contributed by atoms with van der Waals surface area (Å²) in [6.45, 7) is 1.90. The second kappa shape index (κ2) is 4.93. The Bertz CT molecular complexity index is 692. The first-order chi connectivity index (χ1) is 8.92. The highest BCUT2D eigenvalue weighted by molar-refractivity contribution is 7.92. The topological polar surface area (TPSA) is 90.0 Å². The molecule has 0 radical (unpaired) electrons. The lowest BCUT2D eigenvalue weighted by atomic mass is 10.1. The van der Waals surface area contributed by atoms with Gasteiger partial charge in [-0.15, -0.1) is 0 Å². The Labute approximate surface area is 112 Å². The summed E-state index contributed by atoms with van der Waals surface area (Å²) in [6.07, 6.45) is 3.66. The number of sulfonamides is 1. The van der Waals surface area contributed by atoms with Gasteiger partial charge < -0.3 is 5.73 Å². The van der Waals surface area contributed by atoms with Crippen LogP contribution >= 0.6 is 0 Å². The number of hydrogen-bond donors (Lipinski definition) is 2. The molecule has 19 heavy (non-hydrogen) atoms. The molecule has 1 aromatic heterocycles. The van der Waals surface area contributed by atoms with Crippen LogP contribution in [0.1, 0.15) is 12.5 Å². The predicted molar refractivity (Wildman–Crippen MR) is 74.2 cm³/mol. The van der Waals surface area contributed by atoms with Crippen LogP contribution < -0.4 is 10.5 Å². The normalized spacial score (nSPS) is 11.5. The molecule has 6 nitrogen and oxygen atoms in total. The summed E-state index contributed by atoms with van der Waals surface area (Å²) in [4.78, 5) is 0.207. The van der Waals surface area contributed by atoms with Crippen LogP contribution in [0.2, 0.25) is 0 Å². The lowest BCUT2D eigenvalue weighted by Crippen LogP contribution is -2.15. The molecular formula is C12H16N4O2S. The van der Waals surface area contributed by atoms with Gasteiger partial charge in [-0.05, 0) is 24.1 Å². The van der Waals surface area contributed by atoms with E-state index in [0.717, 1.165) is 5.56 Å². The second-order valence-electron chi connectivity index (χ2n) is 4.23. The van der Waals surface area contributed by atoms with E-state index in [9.17, 15) is 8.42 Å². The van der Waals surface area contributed by atoms with Gasteiger partial charge in [0.2, 0.25) is 0 Å². The second-order valence-corrected chi connectivity index (χ2v) is 5.88. The molecule has 0 aliphatic carbocycles. The number of hydrogen-bond acceptors (Lipinski definition) is 4. The Kier molecular flexibility index (Phi) is 3.48. The predicted octanol–water partition coefficient (Wildman–Crippen LogP) is 1.37. The summed E-state index contributed by atoms with van der Waals surface area (Å²) in [5.74, 6) is 0. The van der Waals surface area contributed by atoms with Crippen molar-refractivity contribution in [2.24, 2.45) is 7.05 Å². The van der Waals surface area contributed by atoms with Crippen LogP contribution in [0.5, 0.6) is 0 Å². The molecule has 2 aromatic rings. The molecule has 0 saturated carbocycles. The highest BCUT2D eigenvalue weighted by atomic mass is 32.2. The average molecular weight is 280 g/mol. The van der Waals surface area contributed by atoms with Crippen LogP contribution in [0.4, 0.5) is 11.4 Å². The van der Waals surface area contributed by atoms with Crippen LogP contribution in [-0.2, 0) is 23.5 Å². The van der Waals surface area contributed by atoms with E-state index < -0.39 is 10.0 Å². The first kappa shape index (κ1) is 13.4. The molecule has 0 aliphatic rings. The number of rotatable bonds is 4. The maximum absolute atomic E-state index is 12.3. The SMILES string of the molecule is CCc1ccc(N)cc1S(=O)(=O)Nc1cnn(C)c1. The van der Waals surface area contributed by atoms with E-state index in [4.69, 9.17) is 5.73 Å². The van der Waals surface area contributed by atoms with Gasteiger partial charge >= 0.3 is 0 Å². The molecule has 0 amide bonds. The highest BCUT2D eigenvalue weighted by Gasteiger charge is 2.18. The van der Waals surface area contributed by atoms with Crippen LogP contribution in [0, 0.1) is 0 Å². The first-order valence-corrected chi connectivity index (χ1v) is 7.30. The minimum absolute atomic E-state index is 0.207. The zero-order valence-electron chi connectivity index (χ0n) is 10.8. The molecular weight excluding hydrogens is 264 g/mol. The van der Waals surface area contributed by atoms with Crippen molar-refractivity contribution < 1.29 is 8.42 Å². The fourth-order valence-electron chi connectivity index (χ4n) is 1.80. The Hall–Kier alpha value is -2.02. The molecule has 1 heterocycles. The summed E-state index contributed by atoms with van der Waals surface area (Å²) < 4.78 is 28.7. The van der Waals surface area contributed by atoms with Gasteiger partial charge in [0.05, 0.1) is 16.8 Å². The van der Waals surface area contributed by atoms with Gasteiger partial charge in [-0.3, -0.25) is 9.40 Å². The fraction of sp³-hybridized carbons (Fsp3) is 0.250. The van der Waals surface area contributed by atoms with E-state index in [1.807, 2.05) is 6.92 Å². The molecule has 0 saturated heterocycles. The summed E-state index contributed by atoms with van der Waals surface area (Å²) in [7, 11) is -1.93. The number of nitrogens with two attached hydrogens (primary N) is 1. The average Bonchev–Trinajstić information content (AvgIpc) is 2.74. The number of nitrogens with zero attached hydrogens (tertiary/aromatic N) is 2. The van der Waals surface area contributed by atoms with Crippen molar-refractivity contribution in [2.45, 2.75) is 18.2 Å². The van der Waals surface area contributed by atoms with Crippen molar-refractivity contribution in [1.82, 2.24) is 9.78 Å². The number of aryl methyl sites for hydroxylation is 2. The van der Waals surface area contributed by atoms with Crippen molar-refractivity contribution in [1.29, 1.82) is 0 Å². The maximum Gasteiger partial charge on any atom is 0.262 e. The van der Waals surface area contributed by atoms with Gasteiger partial charge in [0.1, 0.15) is 0 Å². The van der Waals surface area contributed by atoms with Crippen molar-refractivity contribution in [2.75, 3.05) is 10.5 Å². The molecule has 3 N–H and O–H groups in total. The van der Waals surface area contributed by atoms with E-state index in [1.54, 1.807) is 25.4 Å². The van der Waals surface area contributed by atoms with E-state index >= 15 is 0 Å². The monoisotopic (exact) mass is 280 g/mol. The van der Waals surface area contributed by atoms with Crippen molar-refractivity contribution >= 4 is 21.4 Å². The molecule has 7 heteroatoms. The van der Waals surface area contributed by atoms with Crippen LogP contribution in [0.3, 0.4) is 0 Å². The van der Waals surface area contributed by atoms with Crippen molar-refractivity contribution in [3.63, 3.8) is 0 Å². The lowest BCUT2D eigenvalue weighted by molar-refractivity contribution is 0.600. The molecule has 2 rings (SSSR count). The Morgan fingerprint density at radius 2 is 2.16 bits per heavy atom. The highest BCUT2D eigenvalue weighted by Crippen LogP contribution is 2.22. The zero-order valence-corrected chi connectivity index (χ0v) is 11.6. The van der Waals surface area contributed by atoms with Gasteiger partial charge in [0, 0.05) is 18.9 Å². The van der Waals surface area contributed by atoms with Gasteiger partial charge in [0.25, 0.3) is 10.0 Å². The summed E-state index contributed by atoms with van der Waals surface area (Å²) in [5.41, 5.74) is 7.24. The standard InChI is InChI=1S/C12H16N4O2S/c1-3-9-4-5-10(13)6-12(9)19(17,18)15-11-7-14-16(2)8-11/h4-8,15H,3,13H2,1-2H3. The largest absolute Gasteiger partial charge is 0.399 e. The number of benzene rings is 1. The number of nitrogens with one attached hydrogen (secondary N) is 1. The minimum Gasteiger partial charge on any atom is -0.399 e. The van der Waals surface area contributed by atoms with Crippen LogP contribution in [0.15, 0.2) is 35.5 Å². The molecule has 102 valence electrons. The number of anilines is 2. The van der Waals surface area contributed by atoms with E-state index in [1.165, 1.54) is 16.9 Å². The zero-order chi connectivity index (χ0) is 14.0. The molecule has 1 aromatic carbocycles. The van der Waals surface area contributed by atoms with E-state index in [2.05, 4.69) is 9.82 Å². The molecule has 0 unspecified atom stereocenters. The third-order valence-corrected chi connectivity index (χ3v) is 4.18. The molecule has 0 spiro atoms. The lowest BCUT2D eigenvalue weighted by Gasteiger charge is -2.10. The number of aromatic nitrogens is 2. The quantitative estimate of drug-likeness (QED) is 0.828. The molecule has 0 fully saturated rings. The van der Waals surface area contributed by atoms with Crippen molar-refractivity contribution in [3.8, 4) is 0 Å². The van der Waals surface area contributed by atoms with Gasteiger partial charge in [-0.1, -0.05) is 13.0 Å². The van der Waals surface area contributed by atoms with E-state index in [0.29, 0.717) is 17.8 Å².